The fourth-order valence-electron chi connectivity index (χ4n) is 19.6. The van der Waals surface area contributed by atoms with Gasteiger partial charge >= 0.3 is 0 Å². The predicted molar refractivity (Wildman–Crippen MR) is 458 cm³/mol. The van der Waals surface area contributed by atoms with Crippen molar-refractivity contribution in [2.45, 2.75) is 151 Å². The number of amides is 4. The Labute approximate surface area is 733 Å². The van der Waals surface area contributed by atoms with Gasteiger partial charge in [0.2, 0.25) is 0 Å². The van der Waals surface area contributed by atoms with Gasteiger partial charge in [-0.1, -0.05) is 23.2 Å². The summed E-state index contributed by atoms with van der Waals surface area (Å²) in [5.41, 5.74) is 3.86. The molecule has 4 aromatic heterocycles. The third-order valence-electron chi connectivity index (χ3n) is 25.6. The summed E-state index contributed by atoms with van der Waals surface area (Å²) in [4.78, 5) is 82.6. The van der Waals surface area contributed by atoms with Gasteiger partial charge in [0.05, 0.1) is 79.2 Å². The molecule has 12 heterocycles. The maximum absolute atomic E-state index is 14.2. The second kappa shape index (κ2) is 38.9. The van der Waals surface area contributed by atoms with Crippen LogP contribution in [0.4, 0.5) is 26.3 Å². The smallest absolute Gasteiger partial charge is 0.256 e. The number of carbonyl (C=O) groups is 4. The van der Waals surface area contributed by atoms with Crippen molar-refractivity contribution in [2.75, 3.05) is 26.4 Å². The minimum absolute atomic E-state index is 0.0227. The number of rotatable bonds is 20. The van der Waals surface area contributed by atoms with Gasteiger partial charge in [-0.05, 0) is 279 Å². The van der Waals surface area contributed by atoms with E-state index in [4.69, 9.17) is 42.1 Å². The number of nitrogens with zero attached hydrogens (tertiary/aromatic N) is 14. The summed E-state index contributed by atoms with van der Waals surface area (Å²) in [5.74, 6) is 1.69. The van der Waals surface area contributed by atoms with Crippen molar-refractivity contribution in [3.8, 4) is 57.1 Å². The summed E-state index contributed by atoms with van der Waals surface area (Å²) in [6.45, 7) is 1.90. The van der Waals surface area contributed by atoms with E-state index in [1.165, 1.54) is 101 Å². The molecular weight excluding hydrogens is 1660 g/mol. The van der Waals surface area contributed by atoms with Crippen molar-refractivity contribution >= 4 is 46.8 Å². The molecule has 30 heteroatoms. The Kier molecular flexibility index (Phi) is 26.4. The number of piperidine rings is 4. The molecule has 8 aliphatic heterocycles. The zero-order valence-corrected chi connectivity index (χ0v) is 70.1. The zero-order chi connectivity index (χ0) is 86.9. The molecular formula is C96H90Cl2F6N14O8. The van der Waals surface area contributed by atoms with E-state index in [1.54, 1.807) is 134 Å². The van der Waals surface area contributed by atoms with E-state index < -0.39 is 11.6 Å². The Morgan fingerprint density at radius 1 is 0.294 bits per heavy atom. The summed E-state index contributed by atoms with van der Waals surface area (Å²) in [5, 5.41) is 17.5. The standard InChI is InChI=1S/C25H23ClFN3O2.C25H23F2N3O2.C23H22ClFN4O2.C23H22F2N4O2/c26-17-3-10-21(24-28-12-1-13-29-24)22(14-17)25(31)30-19-6-2-16(23(30)11-7-19)15-32-20-8-4-18(27)5-9-20;26-17-3-8-20(9-4-17)32-15-16-2-6-19-7-11-23(16)30(19)25(31)22-14-18(27)5-10-21(22)24-28-12-1-13-29-24;24-16-2-9-22(29-26-11-12-27-29)20(13-16)23(30)28-18-5-1-15(21(28)10-6-18)14-31-19-7-3-17(25)4-8-19;24-16-2-7-19(8-3-16)31-14-15-1-5-18-6-10-21(15)28(18)23(30)20-9-4-17(25)13-22(20)29-26-11-12-27-29/h2*1,3-5,8-10,12-14,16,19,23H,2,6-7,11,15H2;2*2-4,7-9,11-13,15,18,21H,1,5-6,10,14H2/t2*16-,19?,23?;2*15-,18?,21?/m1111/s1. The number of benzene rings is 8. The van der Waals surface area contributed by atoms with E-state index >= 15 is 0 Å². The molecule has 0 aliphatic carbocycles. The average Bonchev–Trinajstić information content (AvgIpc) is 1.62. The lowest BCUT2D eigenvalue weighted by Gasteiger charge is -2.40. The minimum atomic E-state index is -0.464. The summed E-state index contributed by atoms with van der Waals surface area (Å²) in [6, 6.07) is 47.3. The first kappa shape index (κ1) is 85.6. The second-order valence-electron chi connectivity index (χ2n) is 32.9. The van der Waals surface area contributed by atoms with Crippen molar-refractivity contribution in [1.29, 1.82) is 0 Å². The van der Waals surface area contributed by atoms with Crippen LogP contribution in [-0.2, 0) is 0 Å². The van der Waals surface area contributed by atoms with Gasteiger partial charge in [0.1, 0.15) is 63.6 Å². The molecule has 126 heavy (non-hydrogen) atoms. The quantitative estimate of drug-likeness (QED) is 0.0646. The lowest BCUT2D eigenvalue weighted by atomic mass is 9.89. The molecule has 0 N–H and O–H groups in total. The van der Waals surface area contributed by atoms with Gasteiger partial charge in [-0.25, -0.2) is 46.3 Å². The summed E-state index contributed by atoms with van der Waals surface area (Å²) in [7, 11) is 0. The first-order valence-electron chi connectivity index (χ1n) is 42.7. The molecule has 8 unspecified atom stereocenters. The van der Waals surface area contributed by atoms with Gasteiger partial charge in [-0.2, -0.15) is 30.0 Å². The number of hydrogen-bond acceptors (Lipinski definition) is 16. The molecule has 0 saturated carbocycles. The molecule has 20 rings (SSSR count). The lowest BCUT2D eigenvalue weighted by molar-refractivity contribution is 0.0399. The van der Waals surface area contributed by atoms with Crippen molar-refractivity contribution < 1.29 is 64.5 Å². The van der Waals surface area contributed by atoms with Gasteiger partial charge < -0.3 is 38.5 Å². The molecule has 8 saturated heterocycles. The minimum Gasteiger partial charge on any atom is -0.493 e. The Morgan fingerprint density at radius 2 is 0.579 bits per heavy atom. The number of fused-ring (bicyclic) bond motifs is 8. The van der Waals surface area contributed by atoms with E-state index in [1.807, 2.05) is 25.7 Å². The molecule has 8 fully saturated rings. The highest BCUT2D eigenvalue weighted by molar-refractivity contribution is 6.31. The van der Waals surface area contributed by atoms with Crippen LogP contribution >= 0.6 is 23.2 Å². The largest absolute Gasteiger partial charge is 0.493 e. The highest BCUT2D eigenvalue weighted by atomic mass is 35.5. The number of halogens is 8. The van der Waals surface area contributed by atoms with Crippen molar-refractivity contribution in [2.24, 2.45) is 23.7 Å². The van der Waals surface area contributed by atoms with Crippen LogP contribution in [-0.4, -0.2) is 168 Å². The molecule has 22 nitrogen and oxygen atoms in total. The number of aromatic nitrogens is 10. The molecule has 0 spiro atoms. The van der Waals surface area contributed by atoms with Crippen molar-refractivity contribution in [1.82, 2.24) is 69.5 Å². The molecule has 8 aromatic carbocycles. The Balaban J connectivity index is 0.000000119. The monoisotopic (exact) mass is 1750 g/mol. The summed E-state index contributed by atoms with van der Waals surface area (Å²) in [6.07, 6.45) is 27.8. The van der Waals surface area contributed by atoms with Crippen LogP contribution < -0.4 is 18.9 Å². The molecule has 8 bridgehead atoms. The number of hydrogen-bond donors (Lipinski definition) is 0. The normalized spacial score (nSPS) is 22.3. The molecule has 4 amide bonds. The van der Waals surface area contributed by atoms with E-state index in [9.17, 15) is 45.5 Å². The molecule has 8 aliphatic rings. The Bertz CT molecular complexity index is 5590. The molecule has 648 valence electrons. The highest BCUT2D eigenvalue weighted by Gasteiger charge is 2.50. The van der Waals surface area contributed by atoms with Gasteiger partial charge in [0.25, 0.3) is 23.6 Å². The first-order valence-corrected chi connectivity index (χ1v) is 43.5. The van der Waals surface area contributed by atoms with Gasteiger partial charge in [-0.15, -0.1) is 0 Å². The maximum atomic E-state index is 14.2. The van der Waals surface area contributed by atoms with Gasteiger partial charge in [0, 0.05) is 124 Å². The fraction of sp³-hybridized carbons (Fsp3) is 0.333. The molecule has 0 radical (unpaired) electrons. The topological polar surface area (TPSA) is 231 Å². The van der Waals surface area contributed by atoms with E-state index in [0.29, 0.717) is 110 Å². The third kappa shape index (κ3) is 19.3. The lowest BCUT2D eigenvalue weighted by Crippen LogP contribution is -2.49. The van der Waals surface area contributed by atoms with Crippen molar-refractivity contribution in [3.63, 3.8) is 0 Å². The van der Waals surface area contributed by atoms with Gasteiger partial charge in [0.15, 0.2) is 11.6 Å². The van der Waals surface area contributed by atoms with Crippen LogP contribution in [0, 0.1) is 58.6 Å². The van der Waals surface area contributed by atoms with Gasteiger partial charge in [-0.3, -0.25) is 19.2 Å². The van der Waals surface area contributed by atoms with Crippen LogP contribution in [0.15, 0.2) is 232 Å². The first-order chi connectivity index (χ1) is 61.4. The second-order valence-corrected chi connectivity index (χ2v) is 33.8. The predicted octanol–water partition coefficient (Wildman–Crippen LogP) is 18.8. The zero-order valence-electron chi connectivity index (χ0n) is 68.6. The Hall–Kier alpha value is -12.6. The fourth-order valence-corrected chi connectivity index (χ4v) is 19.9. The van der Waals surface area contributed by atoms with Crippen LogP contribution in [0.1, 0.15) is 144 Å². The van der Waals surface area contributed by atoms with E-state index in [2.05, 4.69) is 40.3 Å². The third-order valence-corrected chi connectivity index (χ3v) is 26.0. The van der Waals surface area contributed by atoms with Crippen LogP contribution in [0.2, 0.25) is 10.0 Å². The highest BCUT2D eigenvalue weighted by Crippen LogP contribution is 2.47. The average molecular weight is 1750 g/mol. The van der Waals surface area contributed by atoms with E-state index in [-0.39, 0.29) is 124 Å². The van der Waals surface area contributed by atoms with Crippen LogP contribution in [0.25, 0.3) is 34.2 Å². The summed E-state index contributed by atoms with van der Waals surface area (Å²) >= 11 is 12.5. The molecule has 12 atom stereocenters. The van der Waals surface area contributed by atoms with Crippen LogP contribution in [0.5, 0.6) is 23.0 Å². The van der Waals surface area contributed by atoms with Crippen molar-refractivity contribution in [3.05, 3.63) is 299 Å². The van der Waals surface area contributed by atoms with Crippen LogP contribution in [0.3, 0.4) is 0 Å². The maximum Gasteiger partial charge on any atom is 0.256 e. The molecule has 12 aromatic rings. The SMILES string of the molecule is O=C(c1cc(Cl)ccc1-c1ncccn1)N1C2CCC1[C@@H](COc1ccc(F)cc1)CC2.O=C(c1cc(Cl)ccc1-n1nccn1)N1C2CCC1[C@@H](COc1ccc(F)cc1)CC2.O=C(c1cc(F)ccc1-c1ncccn1)N1C2CCC1[C@@H](COc1ccc(F)cc1)CC2.O=C(c1ccc(F)cc1-n1nccn1)N1C2CCC1[C@@H](COc1ccc(F)cc1)CC2. The van der Waals surface area contributed by atoms with E-state index in [0.717, 1.165) is 103 Å². The number of ether oxygens (including phenoxy) is 4. The number of carbonyl (C=O) groups excluding carboxylic acids is 4. The Morgan fingerprint density at radius 3 is 0.952 bits per heavy atom. The summed E-state index contributed by atoms with van der Waals surface area (Å²) < 4.78 is 104.